The lowest BCUT2D eigenvalue weighted by molar-refractivity contribution is 0.410. The number of nitrogens with zero attached hydrogens (tertiary/aromatic N) is 3. The molecule has 0 bridgehead atoms. The lowest BCUT2D eigenvalue weighted by atomic mass is 10.1. The fourth-order valence-electron chi connectivity index (χ4n) is 3.53. The van der Waals surface area contributed by atoms with Crippen LogP contribution in [0.2, 0.25) is 0 Å². The summed E-state index contributed by atoms with van der Waals surface area (Å²) in [6.45, 7) is 8.27. The smallest absolute Gasteiger partial charge is 0.228 e. The van der Waals surface area contributed by atoms with Gasteiger partial charge in [-0.1, -0.05) is 54.6 Å². The Morgan fingerprint density at radius 2 is 1.78 bits per heavy atom. The summed E-state index contributed by atoms with van der Waals surface area (Å²) in [5.74, 6) is -0.0851. The molecule has 0 fully saturated rings. The summed E-state index contributed by atoms with van der Waals surface area (Å²) in [4.78, 5) is 6.40. The maximum absolute atomic E-state index is 13.4. The van der Waals surface area contributed by atoms with E-state index >= 15 is 0 Å². The second-order valence-corrected chi connectivity index (χ2v) is 9.91. The number of aryl methyl sites for hydroxylation is 1. The van der Waals surface area contributed by atoms with Crippen LogP contribution in [-0.4, -0.2) is 41.1 Å². The van der Waals surface area contributed by atoms with Gasteiger partial charge in [0.1, 0.15) is 0 Å². The quantitative estimate of drug-likeness (QED) is 0.478. The topological polar surface area (TPSA) is 67.2 Å². The Morgan fingerprint density at radius 3 is 2.44 bits per heavy atom. The molecule has 0 unspecified atom stereocenters. The molecular formula is C24H30N4O2S2. The van der Waals surface area contributed by atoms with E-state index in [0.717, 1.165) is 28.9 Å². The van der Waals surface area contributed by atoms with E-state index in [-0.39, 0.29) is 10.9 Å². The maximum Gasteiger partial charge on any atom is 0.228 e. The minimum atomic E-state index is -3.65. The molecule has 0 amide bonds. The van der Waals surface area contributed by atoms with Gasteiger partial charge in [-0.05, 0) is 49.7 Å². The van der Waals surface area contributed by atoms with E-state index in [4.69, 9.17) is 12.2 Å². The number of imidazole rings is 1. The van der Waals surface area contributed by atoms with Crippen molar-refractivity contribution in [2.75, 3.05) is 13.1 Å². The predicted octanol–water partition coefficient (Wildman–Crippen LogP) is 3.93. The minimum absolute atomic E-state index is 0.0851. The number of rotatable bonds is 9. The van der Waals surface area contributed by atoms with E-state index in [0.29, 0.717) is 24.7 Å². The summed E-state index contributed by atoms with van der Waals surface area (Å²) in [7, 11) is -3.65. The highest BCUT2D eigenvalue weighted by Crippen LogP contribution is 2.21. The van der Waals surface area contributed by atoms with Crippen molar-refractivity contribution >= 4 is 27.2 Å². The average molecular weight is 471 g/mol. The van der Waals surface area contributed by atoms with Gasteiger partial charge in [-0.2, -0.15) is 0 Å². The van der Waals surface area contributed by atoms with Crippen molar-refractivity contribution in [2.45, 2.75) is 44.8 Å². The molecule has 0 radical (unpaired) electrons. The first-order chi connectivity index (χ1) is 15.4. The molecule has 0 saturated heterocycles. The Bertz CT molecular complexity index is 1160. The molecule has 0 atom stereocenters. The van der Waals surface area contributed by atoms with E-state index in [2.05, 4.69) is 10.3 Å². The second kappa shape index (κ2) is 10.7. The number of benzene rings is 2. The highest BCUT2D eigenvalue weighted by molar-refractivity contribution is 7.90. The molecule has 0 spiro atoms. The molecule has 0 aliphatic carbocycles. The van der Waals surface area contributed by atoms with E-state index in [1.54, 1.807) is 10.8 Å². The molecule has 170 valence electrons. The first-order valence-corrected chi connectivity index (χ1v) is 12.8. The average Bonchev–Trinajstić information content (AvgIpc) is 3.17. The van der Waals surface area contributed by atoms with E-state index in [1.165, 1.54) is 0 Å². The third kappa shape index (κ3) is 5.75. The molecule has 6 nitrogen and oxygen atoms in total. The van der Waals surface area contributed by atoms with Crippen molar-refractivity contribution in [2.24, 2.45) is 0 Å². The Balaban J connectivity index is 2.00. The van der Waals surface area contributed by atoms with E-state index in [9.17, 15) is 8.42 Å². The molecule has 0 aliphatic rings. The third-order valence-corrected chi connectivity index (χ3v) is 7.30. The van der Waals surface area contributed by atoms with Crippen LogP contribution < -0.4 is 5.32 Å². The first kappa shape index (κ1) is 23.9. The number of sulfone groups is 1. The number of aromatic nitrogens is 2. The maximum atomic E-state index is 13.4. The lowest BCUT2D eigenvalue weighted by Crippen LogP contribution is -2.39. The highest BCUT2D eigenvalue weighted by atomic mass is 32.2. The Labute approximate surface area is 196 Å². The zero-order valence-electron chi connectivity index (χ0n) is 18.8. The largest absolute Gasteiger partial charge is 0.363 e. The van der Waals surface area contributed by atoms with E-state index in [1.807, 2.05) is 80.3 Å². The van der Waals surface area contributed by atoms with Gasteiger partial charge < -0.3 is 14.8 Å². The van der Waals surface area contributed by atoms with Crippen LogP contribution in [0.1, 0.15) is 36.2 Å². The summed E-state index contributed by atoms with van der Waals surface area (Å²) in [5.41, 5.74) is 3.55. The molecule has 1 aromatic heterocycles. The number of nitrogens with one attached hydrogen (secondary N) is 1. The fourth-order valence-corrected chi connectivity index (χ4v) is 5.46. The van der Waals surface area contributed by atoms with Crippen molar-refractivity contribution in [3.63, 3.8) is 0 Å². The van der Waals surface area contributed by atoms with Crippen LogP contribution in [0.5, 0.6) is 0 Å². The fraction of sp³-hybridized carbons (Fsp3) is 0.333. The summed E-state index contributed by atoms with van der Waals surface area (Å²) < 4.78 is 28.7. The molecule has 1 heterocycles. The molecule has 3 rings (SSSR count). The van der Waals surface area contributed by atoms with Crippen LogP contribution in [0.4, 0.5) is 0 Å². The van der Waals surface area contributed by atoms with Gasteiger partial charge in [0.25, 0.3) is 0 Å². The normalized spacial score (nSPS) is 11.3. The second-order valence-electron chi connectivity index (χ2n) is 7.64. The zero-order valence-corrected chi connectivity index (χ0v) is 20.4. The minimum Gasteiger partial charge on any atom is -0.363 e. The lowest BCUT2D eigenvalue weighted by Gasteiger charge is -2.24. The number of thiocarbonyl (C=S) groups is 1. The molecule has 0 saturated carbocycles. The first-order valence-electron chi connectivity index (χ1n) is 10.7. The van der Waals surface area contributed by atoms with Crippen molar-refractivity contribution in [3.8, 4) is 0 Å². The highest BCUT2D eigenvalue weighted by Gasteiger charge is 2.25. The standard InChI is InChI=1S/C24H30N4O2S2/c1-4-25-23(31)27(5-2)17-22-15-26-24(28(22)16-20-12-7-6-8-13-20)32(29,30)18-21-14-10-9-11-19(21)3/h6-15H,4-5,16-18H2,1-3H3,(H,25,31). The van der Waals surface area contributed by atoms with Gasteiger partial charge in [0.15, 0.2) is 5.11 Å². The van der Waals surface area contributed by atoms with Crippen LogP contribution in [0, 0.1) is 6.92 Å². The van der Waals surface area contributed by atoms with Gasteiger partial charge in [0.05, 0.1) is 30.7 Å². The summed E-state index contributed by atoms with van der Waals surface area (Å²) in [6.07, 6.45) is 1.66. The monoisotopic (exact) mass is 470 g/mol. The molecule has 2 aromatic carbocycles. The Kier molecular flexibility index (Phi) is 8.04. The van der Waals surface area contributed by atoms with Crippen molar-refractivity contribution in [1.29, 1.82) is 0 Å². The van der Waals surface area contributed by atoms with E-state index < -0.39 is 9.84 Å². The van der Waals surface area contributed by atoms with Crippen molar-refractivity contribution in [3.05, 3.63) is 83.2 Å². The van der Waals surface area contributed by atoms with Gasteiger partial charge in [0, 0.05) is 13.1 Å². The molecule has 1 N–H and O–H groups in total. The van der Waals surface area contributed by atoms with Gasteiger partial charge >= 0.3 is 0 Å². The SMILES string of the molecule is CCNC(=S)N(CC)Cc1cnc(S(=O)(=O)Cc2ccccc2C)n1Cc1ccccc1. The molecule has 8 heteroatoms. The zero-order chi connectivity index (χ0) is 23.1. The van der Waals surface area contributed by atoms with Gasteiger partial charge in [-0.3, -0.25) is 0 Å². The third-order valence-electron chi connectivity index (χ3n) is 5.32. The molecular weight excluding hydrogens is 440 g/mol. The molecule has 32 heavy (non-hydrogen) atoms. The molecule has 3 aromatic rings. The van der Waals surface area contributed by atoms with Crippen molar-refractivity contribution in [1.82, 2.24) is 19.8 Å². The van der Waals surface area contributed by atoms with Crippen LogP contribution in [0.15, 0.2) is 66.0 Å². The Morgan fingerprint density at radius 1 is 1.09 bits per heavy atom. The summed E-state index contributed by atoms with van der Waals surface area (Å²) in [5, 5.41) is 3.90. The molecule has 0 aliphatic heterocycles. The van der Waals surface area contributed by atoms with Crippen LogP contribution >= 0.6 is 12.2 Å². The summed E-state index contributed by atoms with van der Waals surface area (Å²) >= 11 is 5.49. The summed E-state index contributed by atoms with van der Waals surface area (Å²) in [6, 6.07) is 17.4. The van der Waals surface area contributed by atoms with Crippen molar-refractivity contribution < 1.29 is 8.42 Å². The predicted molar refractivity (Wildman–Crippen MR) is 132 cm³/mol. The van der Waals surface area contributed by atoms with Crippen LogP contribution in [-0.2, 0) is 28.7 Å². The number of hydrogen-bond donors (Lipinski definition) is 1. The van der Waals surface area contributed by atoms with Crippen LogP contribution in [0.25, 0.3) is 0 Å². The van der Waals surface area contributed by atoms with Gasteiger partial charge in [-0.25, -0.2) is 13.4 Å². The number of hydrogen-bond acceptors (Lipinski definition) is 4. The Hall–Kier alpha value is -2.71. The van der Waals surface area contributed by atoms with Crippen LogP contribution in [0.3, 0.4) is 0 Å². The van der Waals surface area contributed by atoms with Gasteiger partial charge in [-0.15, -0.1) is 0 Å². The van der Waals surface area contributed by atoms with Gasteiger partial charge in [0.2, 0.25) is 15.0 Å².